The molecule has 0 aromatic carbocycles. The number of nitrogens with one attached hydrogen (secondary N) is 1. The third kappa shape index (κ3) is 6.01. The monoisotopic (exact) mass is 208 g/mol. The van der Waals surface area contributed by atoms with E-state index in [0.29, 0.717) is 6.54 Å². The van der Waals surface area contributed by atoms with Crippen LogP contribution < -0.4 is 4.72 Å². The summed E-state index contributed by atoms with van der Waals surface area (Å²) in [6.07, 6.45) is 0.846. The first-order valence-corrected chi connectivity index (χ1v) is 6.04. The van der Waals surface area contributed by atoms with Crippen LogP contribution in [0, 0.1) is 0 Å². The Morgan fingerprint density at radius 1 is 1.31 bits per heavy atom. The molecule has 5 heteroatoms. The van der Waals surface area contributed by atoms with Crippen molar-refractivity contribution in [1.82, 2.24) is 9.62 Å². The van der Waals surface area contributed by atoms with Crippen LogP contribution in [0.4, 0.5) is 0 Å². The first kappa shape index (κ1) is 12.9. The first-order chi connectivity index (χ1) is 5.86. The highest BCUT2D eigenvalue weighted by Gasteiger charge is 2.13. The van der Waals surface area contributed by atoms with Gasteiger partial charge in [-0.3, -0.25) is 0 Å². The van der Waals surface area contributed by atoms with E-state index in [2.05, 4.69) is 4.72 Å². The lowest BCUT2D eigenvalue weighted by atomic mass is 10.4. The molecule has 0 bridgehead atoms. The molecule has 0 saturated heterocycles. The van der Waals surface area contributed by atoms with Crippen molar-refractivity contribution >= 4 is 10.0 Å². The first-order valence-electron chi connectivity index (χ1n) is 4.49. The van der Waals surface area contributed by atoms with Gasteiger partial charge >= 0.3 is 0 Å². The molecule has 0 aliphatic rings. The van der Waals surface area contributed by atoms with Gasteiger partial charge in [0.25, 0.3) is 0 Å². The minimum Gasteiger partial charge on any atom is -0.309 e. The highest BCUT2D eigenvalue weighted by Crippen LogP contribution is 1.95. The smallest absolute Gasteiger partial charge is 0.213 e. The SMILES string of the molecule is CC(C)S(=O)(=O)NCCCN(C)C. The van der Waals surface area contributed by atoms with Crippen molar-refractivity contribution in [3.05, 3.63) is 0 Å². The molecule has 0 aliphatic carbocycles. The third-order valence-electron chi connectivity index (χ3n) is 1.71. The molecular weight excluding hydrogens is 188 g/mol. The van der Waals surface area contributed by atoms with Crippen LogP contribution in [0.15, 0.2) is 0 Å². The number of rotatable bonds is 6. The summed E-state index contributed by atoms with van der Waals surface area (Å²) >= 11 is 0. The lowest BCUT2D eigenvalue weighted by molar-refractivity contribution is 0.400. The summed E-state index contributed by atoms with van der Waals surface area (Å²) in [6.45, 7) is 4.78. The summed E-state index contributed by atoms with van der Waals surface area (Å²) in [7, 11) is 0.874. The second-order valence-electron chi connectivity index (χ2n) is 3.64. The standard InChI is InChI=1S/C8H20N2O2S/c1-8(2)13(11,12)9-6-5-7-10(3)4/h8-9H,5-7H2,1-4H3. The molecule has 0 heterocycles. The maximum atomic E-state index is 11.3. The molecule has 0 radical (unpaired) electrons. The van der Waals surface area contributed by atoms with Crippen molar-refractivity contribution < 1.29 is 8.42 Å². The molecule has 0 unspecified atom stereocenters. The van der Waals surface area contributed by atoms with E-state index < -0.39 is 10.0 Å². The minimum atomic E-state index is -3.06. The van der Waals surface area contributed by atoms with E-state index in [9.17, 15) is 8.42 Å². The minimum absolute atomic E-state index is 0.341. The van der Waals surface area contributed by atoms with Crippen molar-refractivity contribution in [2.45, 2.75) is 25.5 Å². The number of hydrogen-bond donors (Lipinski definition) is 1. The maximum absolute atomic E-state index is 11.3. The molecule has 0 fully saturated rings. The van der Waals surface area contributed by atoms with Crippen LogP contribution in [-0.4, -0.2) is 45.8 Å². The van der Waals surface area contributed by atoms with Crippen LogP contribution in [0.3, 0.4) is 0 Å². The van der Waals surface area contributed by atoms with Gasteiger partial charge in [-0.1, -0.05) is 0 Å². The molecule has 1 N–H and O–H groups in total. The third-order valence-corrected chi connectivity index (χ3v) is 3.55. The van der Waals surface area contributed by atoms with Crippen LogP contribution in [0.25, 0.3) is 0 Å². The van der Waals surface area contributed by atoms with E-state index >= 15 is 0 Å². The summed E-state index contributed by atoms with van der Waals surface area (Å²) in [5, 5.41) is -0.341. The fourth-order valence-electron chi connectivity index (χ4n) is 0.776. The van der Waals surface area contributed by atoms with E-state index in [1.165, 1.54) is 0 Å². The lowest BCUT2D eigenvalue weighted by Crippen LogP contribution is -2.32. The molecule has 0 atom stereocenters. The van der Waals surface area contributed by atoms with Crippen molar-refractivity contribution in [2.75, 3.05) is 27.2 Å². The number of hydrogen-bond acceptors (Lipinski definition) is 3. The van der Waals surface area contributed by atoms with Gasteiger partial charge in [0, 0.05) is 6.54 Å². The Morgan fingerprint density at radius 2 is 1.85 bits per heavy atom. The van der Waals surface area contributed by atoms with E-state index in [1.54, 1.807) is 13.8 Å². The average molecular weight is 208 g/mol. The molecule has 80 valence electrons. The zero-order valence-corrected chi connectivity index (χ0v) is 9.69. The molecule has 13 heavy (non-hydrogen) atoms. The Balaban J connectivity index is 3.66. The highest BCUT2D eigenvalue weighted by atomic mass is 32.2. The Morgan fingerprint density at radius 3 is 2.23 bits per heavy atom. The molecule has 4 nitrogen and oxygen atoms in total. The summed E-state index contributed by atoms with van der Waals surface area (Å²) < 4.78 is 25.1. The van der Waals surface area contributed by atoms with Gasteiger partial charge < -0.3 is 4.90 Å². The largest absolute Gasteiger partial charge is 0.309 e. The van der Waals surface area contributed by atoms with Gasteiger partial charge in [0.2, 0.25) is 10.0 Å². The molecule has 0 spiro atoms. The van der Waals surface area contributed by atoms with Crippen LogP contribution in [-0.2, 0) is 10.0 Å². The summed E-state index contributed by atoms with van der Waals surface area (Å²) in [5.74, 6) is 0. The number of sulfonamides is 1. The molecule has 0 saturated carbocycles. The van der Waals surface area contributed by atoms with Crippen LogP contribution in [0.5, 0.6) is 0 Å². The lowest BCUT2D eigenvalue weighted by Gasteiger charge is -2.11. The molecule has 0 aromatic heterocycles. The highest BCUT2D eigenvalue weighted by molar-refractivity contribution is 7.90. The molecule has 0 amide bonds. The predicted octanol–water partition coefficient (Wildman–Crippen LogP) is 0.266. The number of nitrogens with zero attached hydrogens (tertiary/aromatic N) is 1. The molecule has 0 aromatic rings. The van der Waals surface area contributed by atoms with Gasteiger partial charge in [0.05, 0.1) is 5.25 Å². The predicted molar refractivity (Wildman–Crippen MR) is 55.2 cm³/mol. The van der Waals surface area contributed by atoms with Crippen LogP contribution in [0.1, 0.15) is 20.3 Å². The van der Waals surface area contributed by atoms with Crippen LogP contribution in [0.2, 0.25) is 0 Å². The van der Waals surface area contributed by atoms with Crippen molar-refractivity contribution in [1.29, 1.82) is 0 Å². The average Bonchev–Trinajstić information content (AvgIpc) is 1.97. The Hall–Kier alpha value is -0.130. The molecule has 0 aliphatic heterocycles. The normalized spacial score (nSPS) is 12.8. The van der Waals surface area contributed by atoms with Gasteiger partial charge in [0.1, 0.15) is 0 Å². The van der Waals surface area contributed by atoms with Gasteiger partial charge in [-0.2, -0.15) is 0 Å². The summed E-state index contributed by atoms with van der Waals surface area (Å²) in [4.78, 5) is 2.03. The van der Waals surface area contributed by atoms with E-state index in [-0.39, 0.29) is 5.25 Å². The zero-order chi connectivity index (χ0) is 10.5. The molecule has 0 rings (SSSR count). The molecular formula is C8H20N2O2S. The van der Waals surface area contributed by atoms with Gasteiger partial charge in [-0.05, 0) is 40.9 Å². The van der Waals surface area contributed by atoms with E-state index in [0.717, 1.165) is 13.0 Å². The fraction of sp³-hybridized carbons (Fsp3) is 1.00. The fourth-order valence-corrected chi connectivity index (χ4v) is 1.54. The van der Waals surface area contributed by atoms with Gasteiger partial charge in [-0.25, -0.2) is 13.1 Å². The summed E-state index contributed by atoms with van der Waals surface area (Å²) in [5.41, 5.74) is 0. The Labute approximate surface area is 81.4 Å². The summed E-state index contributed by atoms with van der Waals surface area (Å²) in [6, 6.07) is 0. The van der Waals surface area contributed by atoms with Crippen molar-refractivity contribution in [2.24, 2.45) is 0 Å². The maximum Gasteiger partial charge on any atom is 0.213 e. The quantitative estimate of drug-likeness (QED) is 0.637. The Kier molecular flexibility index (Phi) is 5.51. The van der Waals surface area contributed by atoms with Crippen molar-refractivity contribution in [3.63, 3.8) is 0 Å². The second kappa shape index (κ2) is 5.57. The Bertz CT molecular complexity index is 222. The van der Waals surface area contributed by atoms with E-state index in [1.807, 2.05) is 19.0 Å². The van der Waals surface area contributed by atoms with Crippen molar-refractivity contribution in [3.8, 4) is 0 Å². The second-order valence-corrected chi connectivity index (χ2v) is 5.97. The topological polar surface area (TPSA) is 49.4 Å². The van der Waals surface area contributed by atoms with E-state index in [4.69, 9.17) is 0 Å². The van der Waals surface area contributed by atoms with Gasteiger partial charge in [0.15, 0.2) is 0 Å². The van der Waals surface area contributed by atoms with Crippen LogP contribution >= 0.6 is 0 Å². The van der Waals surface area contributed by atoms with Gasteiger partial charge in [-0.15, -0.1) is 0 Å². The zero-order valence-electron chi connectivity index (χ0n) is 8.87.